The van der Waals surface area contributed by atoms with Crippen LogP contribution in [-0.2, 0) is 16.2 Å². The number of hydrogen-bond donors (Lipinski definition) is 1. The Balaban J connectivity index is 1.67. The quantitative estimate of drug-likeness (QED) is 0.255. The topological polar surface area (TPSA) is 84.9 Å². The van der Waals surface area contributed by atoms with Gasteiger partial charge >= 0.3 is 6.03 Å². The molecular formula is C26H19BrCl2N2O5. The van der Waals surface area contributed by atoms with E-state index < -0.39 is 17.8 Å². The Hall–Kier alpha value is -3.33. The number of carbonyl (C=O) groups is 3. The third kappa shape index (κ3) is 5.56. The lowest BCUT2D eigenvalue weighted by Gasteiger charge is -2.26. The number of imide groups is 2. The van der Waals surface area contributed by atoms with Gasteiger partial charge in [0.2, 0.25) is 0 Å². The van der Waals surface area contributed by atoms with Gasteiger partial charge in [-0.25, -0.2) is 9.69 Å². The van der Waals surface area contributed by atoms with Gasteiger partial charge in [-0.2, -0.15) is 0 Å². The molecule has 0 aromatic heterocycles. The predicted molar refractivity (Wildman–Crippen MR) is 142 cm³/mol. The zero-order chi connectivity index (χ0) is 25.8. The van der Waals surface area contributed by atoms with Gasteiger partial charge in [-0.1, -0.05) is 53.5 Å². The number of anilines is 1. The molecule has 7 nitrogen and oxygen atoms in total. The van der Waals surface area contributed by atoms with E-state index in [0.717, 1.165) is 10.5 Å². The van der Waals surface area contributed by atoms with E-state index in [1.54, 1.807) is 12.1 Å². The Labute approximate surface area is 225 Å². The van der Waals surface area contributed by atoms with E-state index >= 15 is 0 Å². The lowest BCUT2D eigenvalue weighted by Crippen LogP contribution is -2.54. The Morgan fingerprint density at radius 3 is 2.42 bits per heavy atom. The van der Waals surface area contributed by atoms with Gasteiger partial charge in [0.15, 0.2) is 11.5 Å². The summed E-state index contributed by atoms with van der Waals surface area (Å²) < 4.78 is 12.3. The third-order valence-corrected chi connectivity index (χ3v) is 6.46. The van der Waals surface area contributed by atoms with Gasteiger partial charge in [-0.15, -0.1) is 0 Å². The maximum absolute atomic E-state index is 13.2. The normalized spacial score (nSPS) is 14.7. The molecule has 3 aromatic carbocycles. The molecule has 4 rings (SSSR count). The second-order valence-corrected chi connectivity index (χ2v) is 9.26. The van der Waals surface area contributed by atoms with Gasteiger partial charge in [0.25, 0.3) is 11.8 Å². The average Bonchev–Trinajstić information content (AvgIpc) is 2.84. The first-order valence-corrected chi connectivity index (χ1v) is 12.3. The Morgan fingerprint density at radius 1 is 0.972 bits per heavy atom. The number of nitrogens with one attached hydrogen (secondary N) is 1. The molecule has 1 heterocycles. The van der Waals surface area contributed by atoms with Gasteiger partial charge in [0.05, 0.1) is 26.8 Å². The number of barbiturate groups is 1. The number of amides is 4. The van der Waals surface area contributed by atoms with Crippen LogP contribution in [0.5, 0.6) is 11.5 Å². The second kappa shape index (κ2) is 11.2. The van der Waals surface area contributed by atoms with Crippen molar-refractivity contribution in [2.45, 2.75) is 13.5 Å². The van der Waals surface area contributed by atoms with Gasteiger partial charge in [0.1, 0.15) is 12.2 Å². The van der Waals surface area contributed by atoms with Crippen molar-refractivity contribution in [2.75, 3.05) is 11.5 Å². The molecule has 1 aliphatic heterocycles. The van der Waals surface area contributed by atoms with Crippen LogP contribution in [0.15, 0.2) is 70.7 Å². The van der Waals surface area contributed by atoms with E-state index in [-0.39, 0.29) is 21.3 Å². The minimum absolute atomic E-state index is 0.161. The fourth-order valence-electron chi connectivity index (χ4n) is 3.49. The number of hydrogen-bond acceptors (Lipinski definition) is 5. The van der Waals surface area contributed by atoms with Crippen LogP contribution in [-0.4, -0.2) is 24.5 Å². The van der Waals surface area contributed by atoms with Crippen LogP contribution in [0.1, 0.15) is 18.1 Å². The van der Waals surface area contributed by atoms with Crippen molar-refractivity contribution in [1.82, 2.24) is 5.32 Å². The summed E-state index contributed by atoms with van der Waals surface area (Å²) in [5.41, 5.74) is 1.40. The molecule has 0 spiro atoms. The number of ether oxygens (including phenoxy) is 2. The Bertz CT molecular complexity index is 1380. The molecule has 36 heavy (non-hydrogen) atoms. The minimum atomic E-state index is -0.888. The van der Waals surface area contributed by atoms with Crippen molar-refractivity contribution < 1.29 is 23.9 Å². The van der Waals surface area contributed by atoms with Gasteiger partial charge in [-0.05, 0) is 70.4 Å². The van der Waals surface area contributed by atoms with Crippen LogP contribution in [0.4, 0.5) is 10.5 Å². The summed E-state index contributed by atoms with van der Waals surface area (Å²) in [6, 6.07) is 16.4. The van der Waals surface area contributed by atoms with E-state index in [2.05, 4.69) is 21.2 Å². The highest BCUT2D eigenvalue weighted by Crippen LogP contribution is 2.38. The van der Waals surface area contributed by atoms with E-state index in [9.17, 15) is 14.4 Å². The molecule has 184 valence electrons. The minimum Gasteiger partial charge on any atom is -0.490 e. The van der Waals surface area contributed by atoms with Gasteiger partial charge in [-0.3, -0.25) is 14.9 Å². The molecule has 10 heteroatoms. The van der Waals surface area contributed by atoms with E-state index in [4.69, 9.17) is 32.7 Å². The van der Waals surface area contributed by atoms with Crippen LogP contribution in [0.2, 0.25) is 10.0 Å². The van der Waals surface area contributed by atoms with Crippen LogP contribution in [0.3, 0.4) is 0 Å². The van der Waals surface area contributed by atoms with Crippen LogP contribution in [0.25, 0.3) is 6.08 Å². The summed E-state index contributed by atoms with van der Waals surface area (Å²) in [5, 5.41) is 2.61. The standard InChI is InChI=1S/C26H19BrCl2N2O5/c1-2-35-22-12-16(11-19(27)23(22)36-14-15-6-4-3-5-7-15)10-18-24(32)30-26(34)31(25(18)33)17-8-9-20(28)21(29)13-17/h3-13H,2,14H2,1H3,(H,30,32,34)/b18-10+. The summed E-state index contributed by atoms with van der Waals surface area (Å²) in [6.45, 7) is 2.52. The van der Waals surface area contributed by atoms with Crippen molar-refractivity contribution in [1.29, 1.82) is 0 Å². The van der Waals surface area contributed by atoms with Crippen LogP contribution in [0, 0.1) is 0 Å². The summed E-state index contributed by atoms with van der Waals surface area (Å²) in [7, 11) is 0. The molecule has 0 bridgehead atoms. The summed E-state index contributed by atoms with van der Waals surface area (Å²) in [6.07, 6.45) is 1.38. The summed E-state index contributed by atoms with van der Waals surface area (Å²) >= 11 is 15.5. The third-order valence-electron chi connectivity index (χ3n) is 5.13. The molecule has 1 N–H and O–H groups in total. The summed E-state index contributed by atoms with van der Waals surface area (Å²) in [5.74, 6) is -0.717. The van der Waals surface area contributed by atoms with Gasteiger partial charge in [0, 0.05) is 0 Å². The van der Waals surface area contributed by atoms with E-state index in [1.165, 1.54) is 24.3 Å². The highest BCUT2D eigenvalue weighted by Gasteiger charge is 2.37. The highest BCUT2D eigenvalue weighted by atomic mass is 79.9. The SMILES string of the molecule is CCOc1cc(/C=C2\C(=O)NC(=O)N(c3ccc(Cl)c(Cl)c3)C2=O)cc(Br)c1OCc1ccccc1. The molecule has 0 saturated carbocycles. The lowest BCUT2D eigenvalue weighted by molar-refractivity contribution is -0.122. The Morgan fingerprint density at radius 2 is 1.72 bits per heavy atom. The fraction of sp³-hybridized carbons (Fsp3) is 0.115. The molecule has 1 aliphatic rings. The maximum Gasteiger partial charge on any atom is 0.335 e. The lowest BCUT2D eigenvalue weighted by atomic mass is 10.1. The zero-order valence-electron chi connectivity index (χ0n) is 18.9. The molecule has 4 amide bonds. The monoisotopic (exact) mass is 588 g/mol. The van der Waals surface area contributed by atoms with Crippen molar-refractivity contribution in [3.63, 3.8) is 0 Å². The number of carbonyl (C=O) groups excluding carboxylic acids is 3. The average molecular weight is 590 g/mol. The summed E-state index contributed by atoms with van der Waals surface area (Å²) in [4.78, 5) is 39.1. The fourth-order valence-corrected chi connectivity index (χ4v) is 4.35. The first kappa shape index (κ1) is 25.8. The number of benzene rings is 3. The molecule has 1 saturated heterocycles. The molecule has 1 fully saturated rings. The van der Waals surface area contributed by atoms with E-state index in [0.29, 0.717) is 34.7 Å². The number of urea groups is 1. The second-order valence-electron chi connectivity index (χ2n) is 7.59. The number of nitrogens with zero attached hydrogens (tertiary/aromatic N) is 1. The molecule has 0 aliphatic carbocycles. The van der Waals surface area contributed by atoms with Gasteiger partial charge < -0.3 is 9.47 Å². The maximum atomic E-state index is 13.2. The van der Waals surface area contributed by atoms with Crippen molar-refractivity contribution in [2.24, 2.45) is 0 Å². The van der Waals surface area contributed by atoms with Crippen LogP contribution >= 0.6 is 39.1 Å². The zero-order valence-corrected chi connectivity index (χ0v) is 22.0. The first-order valence-electron chi connectivity index (χ1n) is 10.8. The largest absolute Gasteiger partial charge is 0.490 e. The first-order chi connectivity index (χ1) is 17.3. The smallest absolute Gasteiger partial charge is 0.335 e. The van der Waals surface area contributed by atoms with Crippen molar-refractivity contribution >= 4 is 68.7 Å². The molecule has 0 radical (unpaired) electrons. The van der Waals surface area contributed by atoms with Crippen LogP contribution < -0.4 is 19.7 Å². The molecule has 0 unspecified atom stereocenters. The molecule has 3 aromatic rings. The van der Waals surface area contributed by atoms with E-state index in [1.807, 2.05) is 37.3 Å². The highest BCUT2D eigenvalue weighted by molar-refractivity contribution is 9.10. The number of rotatable bonds is 7. The van der Waals surface area contributed by atoms with Crippen molar-refractivity contribution in [3.05, 3.63) is 91.9 Å². The van der Waals surface area contributed by atoms with Crippen molar-refractivity contribution in [3.8, 4) is 11.5 Å². The number of halogens is 3. The molecular weight excluding hydrogens is 571 g/mol. The Kier molecular flexibility index (Phi) is 7.98. The predicted octanol–water partition coefficient (Wildman–Crippen LogP) is 6.40. The molecule has 0 atom stereocenters.